The normalized spacial score (nSPS) is 22.5. The first-order valence-electron chi connectivity index (χ1n) is 9.58. The summed E-state index contributed by atoms with van der Waals surface area (Å²) in [4.78, 5) is 27.8. The third-order valence-electron chi connectivity index (χ3n) is 5.72. The second kappa shape index (κ2) is 6.74. The van der Waals surface area contributed by atoms with Gasteiger partial charge in [0.25, 0.3) is 0 Å². The Morgan fingerprint density at radius 3 is 2.58 bits per heavy atom. The summed E-state index contributed by atoms with van der Waals surface area (Å²) in [6.45, 7) is 6.07. The maximum Gasteiger partial charge on any atom is 0.346 e. The number of carbonyl (C=O) groups excluding carboxylic acids is 1. The minimum Gasteiger partial charge on any atom is -0.339 e. The van der Waals surface area contributed by atoms with E-state index in [-0.39, 0.29) is 17.5 Å². The zero-order valence-electron chi connectivity index (χ0n) is 15.5. The molecule has 0 aliphatic carbocycles. The Bertz CT molecular complexity index is 865. The number of fused-ring (bicyclic) bond motifs is 1. The average molecular weight is 354 g/mol. The number of benzene rings is 1. The molecule has 4 rings (SSSR count). The van der Waals surface area contributed by atoms with Gasteiger partial charge in [-0.25, -0.2) is 9.48 Å². The number of rotatable bonds is 3. The molecule has 3 heterocycles. The molecule has 1 fully saturated rings. The molecule has 2 aliphatic heterocycles. The molecule has 26 heavy (non-hydrogen) atoms. The summed E-state index contributed by atoms with van der Waals surface area (Å²) >= 11 is 0. The van der Waals surface area contributed by atoms with Gasteiger partial charge in [-0.1, -0.05) is 29.8 Å². The van der Waals surface area contributed by atoms with Crippen molar-refractivity contribution < 1.29 is 4.79 Å². The molecular formula is C20H26N4O2. The van der Waals surface area contributed by atoms with Crippen LogP contribution in [0.3, 0.4) is 0 Å². The van der Waals surface area contributed by atoms with Crippen LogP contribution in [-0.2, 0) is 17.9 Å². The van der Waals surface area contributed by atoms with Crippen LogP contribution in [-0.4, -0.2) is 37.7 Å². The molecule has 2 atom stereocenters. The predicted molar refractivity (Wildman–Crippen MR) is 99.2 cm³/mol. The number of aryl methyl sites for hydroxylation is 1. The fourth-order valence-electron chi connectivity index (χ4n) is 4.17. The Morgan fingerprint density at radius 1 is 1.15 bits per heavy atom. The highest BCUT2D eigenvalue weighted by Gasteiger charge is 2.36. The van der Waals surface area contributed by atoms with Crippen LogP contribution in [0.25, 0.3) is 0 Å². The van der Waals surface area contributed by atoms with E-state index in [1.54, 1.807) is 4.57 Å². The molecule has 0 N–H and O–H groups in total. The number of hydrogen-bond donors (Lipinski definition) is 0. The van der Waals surface area contributed by atoms with Crippen molar-refractivity contribution in [2.75, 3.05) is 6.54 Å². The lowest BCUT2D eigenvalue weighted by Crippen LogP contribution is -2.40. The van der Waals surface area contributed by atoms with E-state index in [1.165, 1.54) is 10.2 Å². The van der Waals surface area contributed by atoms with Gasteiger partial charge >= 0.3 is 5.69 Å². The van der Waals surface area contributed by atoms with Crippen LogP contribution < -0.4 is 5.69 Å². The van der Waals surface area contributed by atoms with Gasteiger partial charge in [0, 0.05) is 19.1 Å². The Morgan fingerprint density at radius 2 is 1.88 bits per heavy atom. The van der Waals surface area contributed by atoms with Crippen molar-refractivity contribution in [1.82, 2.24) is 19.2 Å². The van der Waals surface area contributed by atoms with Gasteiger partial charge in [0.15, 0.2) is 0 Å². The van der Waals surface area contributed by atoms with Crippen LogP contribution in [0.5, 0.6) is 0 Å². The number of amides is 1. The SMILES string of the molecule is Cc1ccc(Cn2nc3n(c2=O)CCCC3C(=O)N2CCC[C@H]2C)cc1. The summed E-state index contributed by atoms with van der Waals surface area (Å²) in [6.07, 6.45) is 3.76. The highest BCUT2D eigenvalue weighted by molar-refractivity contribution is 5.83. The van der Waals surface area contributed by atoms with E-state index >= 15 is 0 Å². The van der Waals surface area contributed by atoms with E-state index in [4.69, 9.17) is 0 Å². The molecule has 2 aliphatic rings. The molecule has 1 unspecified atom stereocenters. The van der Waals surface area contributed by atoms with E-state index in [0.29, 0.717) is 25.0 Å². The summed E-state index contributed by atoms with van der Waals surface area (Å²) in [5, 5.41) is 4.59. The number of nitrogens with zero attached hydrogens (tertiary/aromatic N) is 4. The minimum atomic E-state index is -0.281. The highest BCUT2D eigenvalue weighted by Crippen LogP contribution is 2.29. The first-order chi connectivity index (χ1) is 12.5. The lowest BCUT2D eigenvalue weighted by atomic mass is 9.97. The van der Waals surface area contributed by atoms with Crippen molar-refractivity contribution in [2.45, 2.75) is 64.6 Å². The number of hydrogen-bond acceptors (Lipinski definition) is 3. The van der Waals surface area contributed by atoms with Crippen LogP contribution in [0.15, 0.2) is 29.1 Å². The Hall–Kier alpha value is -2.37. The molecule has 1 saturated heterocycles. The van der Waals surface area contributed by atoms with Crippen molar-refractivity contribution in [3.8, 4) is 0 Å². The summed E-state index contributed by atoms with van der Waals surface area (Å²) in [5.41, 5.74) is 2.13. The zero-order valence-corrected chi connectivity index (χ0v) is 15.5. The topological polar surface area (TPSA) is 60.1 Å². The van der Waals surface area contributed by atoms with E-state index in [1.807, 2.05) is 36.1 Å². The third kappa shape index (κ3) is 2.97. The van der Waals surface area contributed by atoms with Crippen LogP contribution in [0.1, 0.15) is 55.5 Å². The quantitative estimate of drug-likeness (QED) is 0.850. The van der Waals surface area contributed by atoms with Crippen molar-refractivity contribution in [3.63, 3.8) is 0 Å². The summed E-state index contributed by atoms with van der Waals surface area (Å²) in [6, 6.07) is 8.41. The maximum absolute atomic E-state index is 13.1. The molecule has 1 aromatic heterocycles. The zero-order chi connectivity index (χ0) is 18.3. The van der Waals surface area contributed by atoms with Gasteiger partial charge in [-0.15, -0.1) is 0 Å². The molecule has 0 radical (unpaired) electrons. The maximum atomic E-state index is 13.1. The summed E-state index contributed by atoms with van der Waals surface area (Å²) in [5.74, 6) is 0.511. The second-order valence-corrected chi connectivity index (χ2v) is 7.65. The first-order valence-corrected chi connectivity index (χ1v) is 9.58. The second-order valence-electron chi connectivity index (χ2n) is 7.65. The van der Waals surface area contributed by atoms with Crippen molar-refractivity contribution in [2.24, 2.45) is 0 Å². The first kappa shape index (κ1) is 17.1. The molecular weight excluding hydrogens is 328 g/mol. The Balaban J connectivity index is 1.63. The van der Waals surface area contributed by atoms with Gasteiger partial charge in [-0.2, -0.15) is 5.10 Å². The number of aromatic nitrogens is 3. The van der Waals surface area contributed by atoms with E-state index in [0.717, 1.165) is 37.8 Å². The van der Waals surface area contributed by atoms with Crippen LogP contribution in [0, 0.1) is 6.92 Å². The Kier molecular flexibility index (Phi) is 4.42. The minimum absolute atomic E-state index is 0.104. The molecule has 138 valence electrons. The predicted octanol–water partition coefficient (Wildman–Crippen LogP) is 2.29. The van der Waals surface area contributed by atoms with Crippen molar-refractivity contribution >= 4 is 5.91 Å². The summed E-state index contributed by atoms with van der Waals surface area (Å²) < 4.78 is 3.22. The molecule has 1 amide bonds. The monoisotopic (exact) mass is 354 g/mol. The van der Waals surface area contributed by atoms with Gasteiger partial charge in [0.1, 0.15) is 5.82 Å². The van der Waals surface area contributed by atoms with Gasteiger partial charge in [-0.3, -0.25) is 9.36 Å². The lowest BCUT2D eigenvalue weighted by Gasteiger charge is -2.28. The van der Waals surface area contributed by atoms with E-state index in [2.05, 4.69) is 12.0 Å². The molecule has 0 spiro atoms. The van der Waals surface area contributed by atoms with Gasteiger partial charge in [-0.05, 0) is 45.1 Å². The number of carbonyl (C=O) groups is 1. The van der Waals surface area contributed by atoms with Gasteiger partial charge < -0.3 is 4.90 Å². The standard InChI is InChI=1S/C20H26N4O2/c1-14-7-9-16(10-8-14)13-24-20(26)23-12-4-6-17(18(23)21-24)19(25)22-11-3-5-15(22)2/h7-10,15,17H,3-6,11-13H2,1-2H3/t15-,17?/m1/s1. The third-order valence-corrected chi connectivity index (χ3v) is 5.72. The summed E-state index contributed by atoms with van der Waals surface area (Å²) in [7, 11) is 0. The van der Waals surface area contributed by atoms with Crippen LogP contribution >= 0.6 is 0 Å². The highest BCUT2D eigenvalue weighted by atomic mass is 16.2. The smallest absolute Gasteiger partial charge is 0.339 e. The molecule has 6 heteroatoms. The van der Waals surface area contributed by atoms with Gasteiger partial charge in [0.2, 0.25) is 5.91 Å². The number of likely N-dealkylation sites (tertiary alicyclic amines) is 1. The lowest BCUT2D eigenvalue weighted by molar-refractivity contribution is -0.134. The van der Waals surface area contributed by atoms with Crippen LogP contribution in [0.2, 0.25) is 0 Å². The van der Waals surface area contributed by atoms with Crippen molar-refractivity contribution in [1.29, 1.82) is 0 Å². The van der Waals surface area contributed by atoms with E-state index in [9.17, 15) is 9.59 Å². The molecule has 6 nitrogen and oxygen atoms in total. The fourth-order valence-corrected chi connectivity index (χ4v) is 4.17. The van der Waals surface area contributed by atoms with Crippen LogP contribution in [0.4, 0.5) is 0 Å². The van der Waals surface area contributed by atoms with Gasteiger partial charge in [0.05, 0.1) is 12.5 Å². The average Bonchev–Trinajstić information content (AvgIpc) is 3.20. The molecule has 0 bridgehead atoms. The Labute approximate surface area is 153 Å². The van der Waals surface area contributed by atoms with E-state index < -0.39 is 0 Å². The molecule has 1 aromatic carbocycles. The fraction of sp³-hybridized carbons (Fsp3) is 0.550. The molecule has 0 saturated carbocycles. The largest absolute Gasteiger partial charge is 0.346 e. The molecule has 2 aromatic rings. The van der Waals surface area contributed by atoms with Crippen molar-refractivity contribution in [3.05, 3.63) is 51.7 Å².